The quantitative estimate of drug-likeness (QED) is 0.518. The van der Waals surface area contributed by atoms with Gasteiger partial charge in [-0.25, -0.2) is 0 Å². The van der Waals surface area contributed by atoms with Crippen LogP contribution in [0.15, 0.2) is 54.6 Å². The number of esters is 1. The molecule has 0 saturated heterocycles. The molecule has 108 valence electrons. The Hall–Kier alpha value is -2.61. The molecule has 2 nitrogen and oxygen atoms in total. The molecule has 0 aliphatic heterocycles. The third-order valence-corrected chi connectivity index (χ3v) is 4.44. The Bertz CT molecular complexity index is 893. The van der Waals surface area contributed by atoms with Crippen molar-refractivity contribution in [3.63, 3.8) is 0 Å². The first kappa shape index (κ1) is 13.1. The second-order valence-corrected chi connectivity index (χ2v) is 5.70. The Morgan fingerprint density at radius 2 is 1.73 bits per heavy atom. The van der Waals surface area contributed by atoms with Gasteiger partial charge in [0.1, 0.15) is 0 Å². The number of methoxy groups -OCH3 is 1. The Morgan fingerprint density at radius 1 is 1.00 bits per heavy atom. The van der Waals surface area contributed by atoms with E-state index in [2.05, 4.69) is 48.5 Å². The van der Waals surface area contributed by atoms with Crippen molar-refractivity contribution in [2.24, 2.45) is 0 Å². The van der Waals surface area contributed by atoms with Crippen LogP contribution >= 0.6 is 0 Å². The lowest BCUT2D eigenvalue weighted by atomic mass is 9.93. The van der Waals surface area contributed by atoms with E-state index in [0.29, 0.717) is 6.42 Å². The van der Waals surface area contributed by atoms with Crippen molar-refractivity contribution >= 4 is 16.7 Å². The standard InChI is InChI=1S/C20H16O2/c1-22-19(21)12-14-11-15-10-13-6-2-3-8-17(13)20(15)18-9-5-4-7-16(14)18/h2-9,11H,10,12H2,1H3. The van der Waals surface area contributed by atoms with Crippen molar-refractivity contribution < 1.29 is 9.53 Å². The summed E-state index contributed by atoms with van der Waals surface area (Å²) in [5.41, 5.74) is 6.35. The molecule has 3 aromatic carbocycles. The molecule has 4 rings (SSSR count). The smallest absolute Gasteiger partial charge is 0.309 e. The van der Waals surface area contributed by atoms with Gasteiger partial charge in [-0.15, -0.1) is 0 Å². The van der Waals surface area contributed by atoms with Gasteiger partial charge in [-0.2, -0.15) is 0 Å². The molecule has 0 aromatic heterocycles. The SMILES string of the molecule is COC(=O)Cc1cc2c(c3ccccc13)-c1ccccc1C2. The summed E-state index contributed by atoms with van der Waals surface area (Å²) in [6.45, 7) is 0. The van der Waals surface area contributed by atoms with Crippen molar-refractivity contribution in [3.8, 4) is 11.1 Å². The molecule has 1 aliphatic rings. The zero-order valence-electron chi connectivity index (χ0n) is 12.4. The zero-order valence-corrected chi connectivity index (χ0v) is 12.4. The fourth-order valence-electron chi connectivity index (χ4n) is 3.47. The van der Waals surface area contributed by atoms with Gasteiger partial charge >= 0.3 is 5.97 Å². The summed E-state index contributed by atoms with van der Waals surface area (Å²) in [4.78, 5) is 11.7. The predicted octanol–water partition coefficient (Wildman–Crippen LogP) is 4.13. The fraction of sp³-hybridized carbons (Fsp3) is 0.150. The van der Waals surface area contributed by atoms with E-state index in [1.54, 1.807) is 0 Å². The van der Waals surface area contributed by atoms with E-state index in [-0.39, 0.29) is 5.97 Å². The van der Waals surface area contributed by atoms with Gasteiger partial charge < -0.3 is 4.74 Å². The fourth-order valence-corrected chi connectivity index (χ4v) is 3.47. The molecule has 2 heteroatoms. The Kier molecular flexibility index (Phi) is 2.97. The molecule has 3 aromatic rings. The van der Waals surface area contributed by atoms with Crippen molar-refractivity contribution in [2.75, 3.05) is 7.11 Å². The highest BCUT2D eigenvalue weighted by Crippen LogP contribution is 2.42. The topological polar surface area (TPSA) is 26.3 Å². The zero-order chi connectivity index (χ0) is 15.1. The molecule has 0 heterocycles. The lowest BCUT2D eigenvalue weighted by Crippen LogP contribution is -2.05. The van der Waals surface area contributed by atoms with Gasteiger partial charge in [-0.1, -0.05) is 54.6 Å². The summed E-state index contributed by atoms with van der Waals surface area (Å²) in [6, 6.07) is 19.0. The van der Waals surface area contributed by atoms with Gasteiger partial charge in [0.15, 0.2) is 0 Å². The van der Waals surface area contributed by atoms with E-state index in [0.717, 1.165) is 17.4 Å². The van der Waals surface area contributed by atoms with Crippen LogP contribution in [0.3, 0.4) is 0 Å². The van der Waals surface area contributed by atoms with E-state index in [1.807, 2.05) is 6.07 Å². The van der Waals surface area contributed by atoms with E-state index in [1.165, 1.54) is 34.7 Å². The van der Waals surface area contributed by atoms with Gasteiger partial charge in [-0.05, 0) is 45.0 Å². The molecule has 0 atom stereocenters. The summed E-state index contributed by atoms with van der Waals surface area (Å²) >= 11 is 0. The van der Waals surface area contributed by atoms with E-state index >= 15 is 0 Å². The second-order valence-electron chi connectivity index (χ2n) is 5.70. The van der Waals surface area contributed by atoms with Crippen LogP contribution in [0.25, 0.3) is 21.9 Å². The first-order valence-electron chi connectivity index (χ1n) is 7.46. The summed E-state index contributed by atoms with van der Waals surface area (Å²) in [5.74, 6) is -0.194. The van der Waals surface area contributed by atoms with Gasteiger partial charge in [0, 0.05) is 0 Å². The van der Waals surface area contributed by atoms with Crippen molar-refractivity contribution in [2.45, 2.75) is 12.8 Å². The normalized spacial score (nSPS) is 12.0. The summed E-state index contributed by atoms with van der Waals surface area (Å²) < 4.78 is 4.85. The maximum absolute atomic E-state index is 11.7. The van der Waals surface area contributed by atoms with Crippen LogP contribution in [0.5, 0.6) is 0 Å². The monoisotopic (exact) mass is 288 g/mol. The van der Waals surface area contributed by atoms with Gasteiger partial charge in [-0.3, -0.25) is 4.79 Å². The molecule has 0 radical (unpaired) electrons. The number of carbonyl (C=O) groups is 1. The average Bonchev–Trinajstić information content (AvgIpc) is 2.93. The average molecular weight is 288 g/mol. The number of hydrogen-bond donors (Lipinski definition) is 0. The highest BCUT2D eigenvalue weighted by atomic mass is 16.5. The molecule has 0 N–H and O–H groups in total. The first-order chi connectivity index (χ1) is 10.8. The van der Waals surface area contributed by atoms with Crippen LogP contribution < -0.4 is 0 Å². The molecule has 0 unspecified atom stereocenters. The number of rotatable bonds is 2. The second kappa shape index (κ2) is 4.99. The molecular formula is C20H16O2. The van der Waals surface area contributed by atoms with Gasteiger partial charge in [0.2, 0.25) is 0 Å². The third kappa shape index (κ3) is 1.92. The molecule has 22 heavy (non-hydrogen) atoms. The van der Waals surface area contributed by atoms with E-state index in [4.69, 9.17) is 4.74 Å². The highest BCUT2D eigenvalue weighted by Gasteiger charge is 2.22. The number of ether oxygens (including phenoxy) is 1. The molecule has 0 saturated carbocycles. The van der Waals surface area contributed by atoms with Crippen molar-refractivity contribution in [3.05, 3.63) is 71.3 Å². The lowest BCUT2D eigenvalue weighted by Gasteiger charge is -2.12. The van der Waals surface area contributed by atoms with Crippen molar-refractivity contribution in [1.29, 1.82) is 0 Å². The van der Waals surface area contributed by atoms with Crippen LogP contribution in [0, 0.1) is 0 Å². The van der Waals surface area contributed by atoms with Crippen molar-refractivity contribution in [1.82, 2.24) is 0 Å². The molecular weight excluding hydrogens is 272 g/mol. The van der Waals surface area contributed by atoms with E-state index in [9.17, 15) is 4.79 Å². The Balaban J connectivity index is 1.99. The number of carbonyl (C=O) groups excluding carboxylic acids is 1. The number of hydrogen-bond acceptors (Lipinski definition) is 2. The van der Waals surface area contributed by atoms with Gasteiger partial charge in [0.25, 0.3) is 0 Å². The molecule has 0 fully saturated rings. The number of fused-ring (bicyclic) bond motifs is 5. The van der Waals surface area contributed by atoms with Crippen LogP contribution in [0.1, 0.15) is 16.7 Å². The summed E-state index contributed by atoms with van der Waals surface area (Å²) in [5, 5.41) is 2.37. The molecule has 0 spiro atoms. The molecule has 1 aliphatic carbocycles. The minimum absolute atomic E-state index is 0.194. The first-order valence-corrected chi connectivity index (χ1v) is 7.46. The maximum Gasteiger partial charge on any atom is 0.309 e. The van der Waals surface area contributed by atoms with Gasteiger partial charge in [0.05, 0.1) is 13.5 Å². The Morgan fingerprint density at radius 3 is 2.55 bits per heavy atom. The molecule has 0 amide bonds. The Labute approximate surface area is 129 Å². The minimum Gasteiger partial charge on any atom is -0.469 e. The van der Waals surface area contributed by atoms with Crippen LogP contribution in [-0.4, -0.2) is 13.1 Å². The number of benzene rings is 3. The summed E-state index contributed by atoms with van der Waals surface area (Å²) in [7, 11) is 1.44. The minimum atomic E-state index is -0.194. The van der Waals surface area contributed by atoms with Crippen LogP contribution in [0.4, 0.5) is 0 Å². The molecule has 0 bridgehead atoms. The van der Waals surface area contributed by atoms with E-state index < -0.39 is 0 Å². The van der Waals surface area contributed by atoms with Crippen LogP contribution in [0.2, 0.25) is 0 Å². The summed E-state index contributed by atoms with van der Waals surface area (Å²) in [6.07, 6.45) is 1.26. The third-order valence-electron chi connectivity index (χ3n) is 4.44. The lowest BCUT2D eigenvalue weighted by molar-refractivity contribution is -0.139. The van der Waals surface area contributed by atoms with Crippen LogP contribution in [-0.2, 0) is 22.4 Å². The maximum atomic E-state index is 11.7. The highest BCUT2D eigenvalue weighted by molar-refractivity contribution is 6.03. The largest absolute Gasteiger partial charge is 0.469 e. The predicted molar refractivity (Wildman–Crippen MR) is 87.9 cm³/mol.